The molecule has 0 spiro atoms. The van der Waals surface area contributed by atoms with E-state index in [1.54, 1.807) is 13.3 Å². The van der Waals surface area contributed by atoms with Crippen molar-refractivity contribution >= 4 is 28.0 Å². The normalized spacial score (nSPS) is 23.3. The molecule has 0 amide bonds. The van der Waals surface area contributed by atoms with E-state index in [9.17, 15) is 14.0 Å². The van der Waals surface area contributed by atoms with Gasteiger partial charge in [0.15, 0.2) is 0 Å². The second-order valence-corrected chi connectivity index (χ2v) is 10.2. The number of pyridine rings is 1. The van der Waals surface area contributed by atoms with Crippen LogP contribution >= 0.6 is 0 Å². The van der Waals surface area contributed by atoms with Gasteiger partial charge in [-0.3, -0.25) is 19.5 Å². The molecule has 38 heavy (non-hydrogen) atoms. The molecule has 7 nitrogen and oxygen atoms in total. The number of benzene rings is 2. The summed E-state index contributed by atoms with van der Waals surface area (Å²) in [6, 6.07) is 13.3. The Morgan fingerprint density at radius 2 is 1.92 bits per heavy atom. The lowest BCUT2D eigenvalue weighted by Gasteiger charge is -2.52. The lowest BCUT2D eigenvalue weighted by molar-refractivity contribution is 0.0105. The minimum Gasteiger partial charge on any atom is -0.497 e. The Balaban J connectivity index is 1.42. The number of nitrogens with one attached hydrogen (secondary N) is 2. The van der Waals surface area contributed by atoms with Gasteiger partial charge in [0.2, 0.25) is 0 Å². The van der Waals surface area contributed by atoms with Gasteiger partial charge < -0.3 is 15.4 Å². The van der Waals surface area contributed by atoms with Crippen molar-refractivity contribution in [1.29, 1.82) is 0 Å². The molecule has 0 saturated carbocycles. The van der Waals surface area contributed by atoms with Crippen LogP contribution in [0.15, 0.2) is 77.0 Å². The van der Waals surface area contributed by atoms with Crippen LogP contribution in [0.2, 0.25) is 0 Å². The molecule has 2 N–H and O–H groups in total. The number of rotatable bonds is 8. The van der Waals surface area contributed by atoms with Gasteiger partial charge in [0, 0.05) is 29.9 Å². The fourth-order valence-electron chi connectivity index (χ4n) is 6.13. The first-order chi connectivity index (χ1) is 18.5. The van der Waals surface area contributed by atoms with Crippen LogP contribution in [0.5, 0.6) is 5.75 Å². The van der Waals surface area contributed by atoms with Crippen LogP contribution in [0, 0.1) is 17.7 Å². The summed E-state index contributed by atoms with van der Waals surface area (Å²) in [6.45, 7) is 5.93. The molecular formula is C30H29FN4O3. The highest BCUT2D eigenvalue weighted by molar-refractivity contribution is 5.85. The molecule has 4 unspecified atom stereocenters. The standard InChI is InChI=1S/C30H29FN4O3/c1-3-17-16-35-13-11-18(17)14-25(35)26(22-10-12-32-24-9-8-21(38-2)15-23(22)24)34-28-27(29(36)30(28)37)33-20-6-4-19(31)5-7-20/h3-10,12,15,17-18,25-26,33-34H,1,11,13-14,16H2,2H3/t17?,18?,25?,26-/m1/s1. The van der Waals surface area contributed by atoms with Gasteiger partial charge in [0.1, 0.15) is 22.9 Å². The van der Waals surface area contributed by atoms with Crippen LogP contribution in [-0.4, -0.2) is 36.1 Å². The second kappa shape index (κ2) is 9.68. The predicted octanol–water partition coefficient (Wildman–Crippen LogP) is 4.77. The first-order valence-electron chi connectivity index (χ1n) is 12.9. The van der Waals surface area contributed by atoms with Crippen molar-refractivity contribution < 1.29 is 9.13 Å². The van der Waals surface area contributed by atoms with Crippen molar-refractivity contribution in [1.82, 2.24) is 9.88 Å². The number of aromatic nitrogens is 1. The highest BCUT2D eigenvalue weighted by Crippen LogP contribution is 2.43. The predicted molar refractivity (Wildman–Crippen MR) is 147 cm³/mol. The molecule has 8 heteroatoms. The molecule has 2 bridgehead atoms. The Morgan fingerprint density at radius 1 is 1.13 bits per heavy atom. The van der Waals surface area contributed by atoms with E-state index in [1.165, 1.54) is 24.3 Å². The number of anilines is 3. The molecule has 5 atom stereocenters. The Bertz CT molecular complexity index is 1580. The Morgan fingerprint density at radius 3 is 2.63 bits per heavy atom. The van der Waals surface area contributed by atoms with Crippen molar-refractivity contribution in [2.45, 2.75) is 24.9 Å². The fraction of sp³-hybridized carbons (Fsp3) is 0.300. The van der Waals surface area contributed by atoms with Gasteiger partial charge in [-0.25, -0.2) is 4.39 Å². The van der Waals surface area contributed by atoms with Crippen molar-refractivity contribution in [3.63, 3.8) is 0 Å². The third kappa shape index (κ3) is 4.15. The summed E-state index contributed by atoms with van der Waals surface area (Å²) < 4.78 is 18.9. The van der Waals surface area contributed by atoms with Crippen LogP contribution in [-0.2, 0) is 0 Å². The van der Waals surface area contributed by atoms with Gasteiger partial charge in [-0.05, 0) is 85.3 Å². The van der Waals surface area contributed by atoms with E-state index in [0.717, 1.165) is 48.1 Å². The zero-order valence-corrected chi connectivity index (χ0v) is 21.1. The van der Waals surface area contributed by atoms with Crippen molar-refractivity contribution in [3.05, 3.63) is 99.2 Å². The molecule has 3 saturated heterocycles. The first kappa shape index (κ1) is 24.3. The first-order valence-corrected chi connectivity index (χ1v) is 12.9. The molecule has 194 valence electrons. The highest BCUT2D eigenvalue weighted by Gasteiger charge is 2.43. The lowest BCUT2D eigenvalue weighted by Crippen LogP contribution is -2.56. The third-order valence-electron chi connectivity index (χ3n) is 8.18. The Labute approximate surface area is 219 Å². The number of hydrogen-bond acceptors (Lipinski definition) is 7. The number of hydrogen-bond donors (Lipinski definition) is 2. The largest absolute Gasteiger partial charge is 0.497 e. The summed E-state index contributed by atoms with van der Waals surface area (Å²) in [4.78, 5) is 32.5. The van der Waals surface area contributed by atoms with Gasteiger partial charge in [-0.1, -0.05) is 6.08 Å². The van der Waals surface area contributed by atoms with Crippen LogP contribution in [0.1, 0.15) is 24.4 Å². The maximum absolute atomic E-state index is 13.4. The van der Waals surface area contributed by atoms with Gasteiger partial charge in [0.05, 0.1) is 18.7 Å². The zero-order valence-electron chi connectivity index (χ0n) is 21.1. The second-order valence-electron chi connectivity index (χ2n) is 10.2. The summed E-state index contributed by atoms with van der Waals surface area (Å²) >= 11 is 0. The van der Waals surface area contributed by atoms with Crippen molar-refractivity contribution in [2.75, 3.05) is 30.8 Å². The van der Waals surface area contributed by atoms with Gasteiger partial charge in [-0.15, -0.1) is 6.58 Å². The van der Waals surface area contributed by atoms with E-state index in [0.29, 0.717) is 17.5 Å². The molecule has 0 radical (unpaired) electrons. The highest BCUT2D eigenvalue weighted by atomic mass is 19.1. The van der Waals surface area contributed by atoms with Gasteiger partial charge >= 0.3 is 0 Å². The molecule has 3 fully saturated rings. The molecular weight excluding hydrogens is 483 g/mol. The van der Waals surface area contributed by atoms with E-state index in [4.69, 9.17) is 4.74 Å². The maximum atomic E-state index is 13.4. The average molecular weight is 513 g/mol. The number of piperidine rings is 3. The molecule has 7 rings (SSSR count). The van der Waals surface area contributed by atoms with Crippen LogP contribution in [0.4, 0.5) is 21.5 Å². The SMILES string of the molecule is C=CC1CN2CCC1CC2[C@H](Nc1c(Nc2ccc(F)cc2)c(=O)c1=O)c1ccnc2ccc(OC)cc12. The van der Waals surface area contributed by atoms with Crippen molar-refractivity contribution in [2.24, 2.45) is 11.8 Å². The lowest BCUT2D eigenvalue weighted by atomic mass is 9.73. The molecule has 3 aromatic carbocycles. The smallest absolute Gasteiger partial charge is 0.253 e. The van der Waals surface area contributed by atoms with Crippen molar-refractivity contribution in [3.8, 4) is 5.75 Å². The van der Waals surface area contributed by atoms with E-state index in [2.05, 4.69) is 33.2 Å². The number of nitrogens with zero attached hydrogens (tertiary/aromatic N) is 2. The van der Waals surface area contributed by atoms with E-state index < -0.39 is 10.9 Å². The number of fused-ring (bicyclic) bond motifs is 4. The minimum absolute atomic E-state index is 0.102. The summed E-state index contributed by atoms with van der Waals surface area (Å²) in [5.74, 6) is 1.30. The van der Waals surface area contributed by atoms with Crippen LogP contribution < -0.4 is 26.2 Å². The molecule has 4 aromatic rings. The quantitative estimate of drug-likeness (QED) is 0.260. The maximum Gasteiger partial charge on any atom is 0.253 e. The monoisotopic (exact) mass is 512 g/mol. The summed E-state index contributed by atoms with van der Waals surface area (Å²) in [7, 11) is 1.63. The number of ether oxygens (including phenoxy) is 1. The topological polar surface area (TPSA) is 83.6 Å². The van der Waals surface area contributed by atoms with Gasteiger partial charge in [-0.2, -0.15) is 0 Å². The van der Waals surface area contributed by atoms with Gasteiger partial charge in [0.25, 0.3) is 10.9 Å². The fourth-order valence-corrected chi connectivity index (χ4v) is 6.13. The number of halogens is 1. The zero-order chi connectivity index (χ0) is 26.4. The molecule has 0 aliphatic carbocycles. The summed E-state index contributed by atoms with van der Waals surface area (Å²) in [6.07, 6.45) is 5.89. The molecule has 1 aromatic heterocycles. The van der Waals surface area contributed by atoms with E-state index >= 15 is 0 Å². The Kier molecular flexibility index (Phi) is 6.19. The third-order valence-corrected chi connectivity index (χ3v) is 8.18. The summed E-state index contributed by atoms with van der Waals surface area (Å²) in [5.41, 5.74) is 1.64. The van der Waals surface area contributed by atoms with E-state index in [-0.39, 0.29) is 29.3 Å². The summed E-state index contributed by atoms with van der Waals surface area (Å²) in [5, 5.41) is 7.44. The molecule has 3 aliphatic rings. The van der Waals surface area contributed by atoms with Crippen LogP contribution in [0.25, 0.3) is 10.9 Å². The van der Waals surface area contributed by atoms with E-state index in [1.807, 2.05) is 24.3 Å². The van der Waals surface area contributed by atoms with Crippen LogP contribution in [0.3, 0.4) is 0 Å². The average Bonchev–Trinajstić information content (AvgIpc) is 2.97. The molecule has 3 aliphatic heterocycles. The Hall–Kier alpha value is -4.04. The minimum atomic E-state index is -0.589. The number of methoxy groups -OCH3 is 1. The molecule has 4 heterocycles.